The SMILES string of the molecule is CCCC(C)C(NC)c1ccc2nccnc2c1. The van der Waals surface area contributed by atoms with Crippen LogP contribution in [0.3, 0.4) is 0 Å². The largest absolute Gasteiger partial charge is 0.313 e. The molecule has 1 aromatic carbocycles. The van der Waals surface area contributed by atoms with Crippen molar-refractivity contribution >= 4 is 11.0 Å². The Morgan fingerprint density at radius 1 is 1.17 bits per heavy atom. The molecule has 0 saturated heterocycles. The van der Waals surface area contributed by atoms with Crippen LogP contribution in [0.4, 0.5) is 0 Å². The van der Waals surface area contributed by atoms with Crippen LogP contribution in [0.5, 0.6) is 0 Å². The normalized spacial score (nSPS) is 14.6. The summed E-state index contributed by atoms with van der Waals surface area (Å²) < 4.78 is 0. The Bertz CT molecular complexity index is 510. The summed E-state index contributed by atoms with van der Waals surface area (Å²) in [7, 11) is 2.03. The highest BCUT2D eigenvalue weighted by Crippen LogP contribution is 2.26. The van der Waals surface area contributed by atoms with Crippen LogP contribution in [0.25, 0.3) is 11.0 Å². The molecule has 96 valence electrons. The van der Waals surface area contributed by atoms with Crippen molar-refractivity contribution in [3.8, 4) is 0 Å². The average Bonchev–Trinajstić information content (AvgIpc) is 2.40. The van der Waals surface area contributed by atoms with Gasteiger partial charge in [-0.2, -0.15) is 0 Å². The minimum atomic E-state index is 0.386. The molecule has 1 N–H and O–H groups in total. The summed E-state index contributed by atoms with van der Waals surface area (Å²) in [6.45, 7) is 4.53. The van der Waals surface area contributed by atoms with Gasteiger partial charge in [0, 0.05) is 18.4 Å². The average molecular weight is 243 g/mol. The zero-order valence-corrected chi connectivity index (χ0v) is 11.4. The lowest BCUT2D eigenvalue weighted by atomic mass is 9.91. The number of aromatic nitrogens is 2. The maximum Gasteiger partial charge on any atom is 0.0890 e. The second-order valence-corrected chi connectivity index (χ2v) is 4.84. The summed E-state index contributed by atoms with van der Waals surface area (Å²) in [5.74, 6) is 0.620. The van der Waals surface area contributed by atoms with Gasteiger partial charge in [0.25, 0.3) is 0 Å². The molecule has 0 aliphatic rings. The number of nitrogens with zero attached hydrogens (tertiary/aromatic N) is 2. The Balaban J connectivity index is 2.33. The van der Waals surface area contributed by atoms with Crippen molar-refractivity contribution in [2.24, 2.45) is 5.92 Å². The first-order valence-electron chi connectivity index (χ1n) is 6.64. The van der Waals surface area contributed by atoms with Crippen LogP contribution in [0, 0.1) is 5.92 Å². The van der Waals surface area contributed by atoms with Crippen LogP contribution < -0.4 is 5.32 Å². The third-order valence-electron chi connectivity index (χ3n) is 3.48. The zero-order valence-electron chi connectivity index (χ0n) is 11.4. The van der Waals surface area contributed by atoms with Gasteiger partial charge in [0.2, 0.25) is 0 Å². The van der Waals surface area contributed by atoms with Crippen molar-refractivity contribution in [1.82, 2.24) is 15.3 Å². The lowest BCUT2D eigenvalue weighted by molar-refractivity contribution is 0.384. The van der Waals surface area contributed by atoms with E-state index in [0.29, 0.717) is 12.0 Å². The van der Waals surface area contributed by atoms with Gasteiger partial charge >= 0.3 is 0 Å². The Morgan fingerprint density at radius 3 is 2.56 bits per heavy atom. The van der Waals surface area contributed by atoms with E-state index < -0.39 is 0 Å². The fourth-order valence-corrected chi connectivity index (χ4v) is 2.58. The molecule has 3 nitrogen and oxygen atoms in total. The van der Waals surface area contributed by atoms with Crippen LogP contribution in [0.2, 0.25) is 0 Å². The van der Waals surface area contributed by atoms with Gasteiger partial charge < -0.3 is 5.32 Å². The van der Waals surface area contributed by atoms with Crippen molar-refractivity contribution < 1.29 is 0 Å². The fraction of sp³-hybridized carbons (Fsp3) is 0.467. The predicted molar refractivity (Wildman–Crippen MR) is 75.4 cm³/mol. The predicted octanol–water partition coefficient (Wildman–Crippen LogP) is 3.33. The van der Waals surface area contributed by atoms with E-state index in [2.05, 4.69) is 47.3 Å². The molecule has 2 unspecified atom stereocenters. The molecule has 0 aliphatic carbocycles. The third kappa shape index (κ3) is 2.67. The van der Waals surface area contributed by atoms with E-state index in [1.54, 1.807) is 12.4 Å². The van der Waals surface area contributed by atoms with E-state index in [-0.39, 0.29) is 0 Å². The zero-order chi connectivity index (χ0) is 13.0. The first-order chi connectivity index (χ1) is 8.76. The van der Waals surface area contributed by atoms with Gasteiger partial charge in [0.05, 0.1) is 11.0 Å². The van der Waals surface area contributed by atoms with Crippen molar-refractivity contribution in [3.05, 3.63) is 36.2 Å². The molecular formula is C15H21N3. The molecule has 2 aromatic rings. The van der Waals surface area contributed by atoms with Gasteiger partial charge in [-0.1, -0.05) is 26.3 Å². The van der Waals surface area contributed by atoms with Crippen LogP contribution >= 0.6 is 0 Å². The molecule has 0 fully saturated rings. The van der Waals surface area contributed by atoms with Gasteiger partial charge in [-0.15, -0.1) is 0 Å². The van der Waals surface area contributed by atoms with E-state index in [1.807, 2.05) is 7.05 Å². The van der Waals surface area contributed by atoms with E-state index in [9.17, 15) is 0 Å². The quantitative estimate of drug-likeness (QED) is 0.875. The summed E-state index contributed by atoms with van der Waals surface area (Å²) in [6, 6.07) is 6.75. The smallest absolute Gasteiger partial charge is 0.0890 e. The van der Waals surface area contributed by atoms with E-state index in [0.717, 1.165) is 11.0 Å². The number of fused-ring (bicyclic) bond motifs is 1. The van der Waals surface area contributed by atoms with Crippen molar-refractivity contribution in [2.45, 2.75) is 32.7 Å². The van der Waals surface area contributed by atoms with Crippen LogP contribution in [-0.2, 0) is 0 Å². The standard InChI is InChI=1S/C15H21N3/c1-4-5-11(2)15(16-3)12-6-7-13-14(10-12)18-9-8-17-13/h6-11,15-16H,4-5H2,1-3H3. The minimum absolute atomic E-state index is 0.386. The lowest BCUT2D eigenvalue weighted by Crippen LogP contribution is -2.23. The van der Waals surface area contributed by atoms with Gasteiger partial charge in [0.1, 0.15) is 0 Å². The van der Waals surface area contributed by atoms with Crippen LogP contribution in [-0.4, -0.2) is 17.0 Å². The highest BCUT2D eigenvalue weighted by molar-refractivity contribution is 5.74. The van der Waals surface area contributed by atoms with E-state index >= 15 is 0 Å². The summed E-state index contributed by atoms with van der Waals surface area (Å²) >= 11 is 0. The topological polar surface area (TPSA) is 37.8 Å². The highest BCUT2D eigenvalue weighted by Gasteiger charge is 2.17. The maximum atomic E-state index is 4.37. The summed E-state index contributed by atoms with van der Waals surface area (Å²) in [5, 5.41) is 3.42. The summed E-state index contributed by atoms with van der Waals surface area (Å²) in [4.78, 5) is 8.68. The molecule has 0 spiro atoms. The second-order valence-electron chi connectivity index (χ2n) is 4.84. The van der Waals surface area contributed by atoms with Gasteiger partial charge in [-0.25, -0.2) is 0 Å². The fourth-order valence-electron chi connectivity index (χ4n) is 2.58. The molecule has 18 heavy (non-hydrogen) atoms. The number of hydrogen-bond donors (Lipinski definition) is 1. The van der Waals surface area contributed by atoms with Crippen molar-refractivity contribution in [1.29, 1.82) is 0 Å². The maximum absolute atomic E-state index is 4.37. The van der Waals surface area contributed by atoms with E-state index in [1.165, 1.54) is 18.4 Å². The molecule has 2 atom stereocenters. The molecule has 2 rings (SSSR count). The third-order valence-corrected chi connectivity index (χ3v) is 3.48. The molecule has 3 heteroatoms. The Labute approximate surface area is 109 Å². The first kappa shape index (κ1) is 13.0. The lowest BCUT2D eigenvalue weighted by Gasteiger charge is -2.23. The van der Waals surface area contributed by atoms with Gasteiger partial charge in [0.15, 0.2) is 0 Å². The second kappa shape index (κ2) is 5.91. The molecule has 0 bridgehead atoms. The number of nitrogens with one attached hydrogen (secondary N) is 1. The van der Waals surface area contributed by atoms with Crippen LogP contribution in [0.15, 0.2) is 30.6 Å². The highest BCUT2D eigenvalue weighted by atomic mass is 14.9. The molecule has 0 aliphatic heterocycles. The van der Waals surface area contributed by atoms with Crippen molar-refractivity contribution in [3.63, 3.8) is 0 Å². The molecule has 1 heterocycles. The molecule has 0 saturated carbocycles. The first-order valence-corrected chi connectivity index (χ1v) is 6.64. The molecular weight excluding hydrogens is 222 g/mol. The molecule has 0 amide bonds. The Morgan fingerprint density at radius 2 is 1.89 bits per heavy atom. The number of rotatable bonds is 5. The van der Waals surface area contributed by atoms with Gasteiger partial charge in [-0.3, -0.25) is 9.97 Å². The van der Waals surface area contributed by atoms with E-state index in [4.69, 9.17) is 0 Å². The summed E-state index contributed by atoms with van der Waals surface area (Å²) in [6.07, 6.45) is 5.92. The number of hydrogen-bond acceptors (Lipinski definition) is 3. The molecule has 0 radical (unpaired) electrons. The molecule has 1 aromatic heterocycles. The minimum Gasteiger partial charge on any atom is -0.313 e. The number of benzene rings is 1. The Hall–Kier alpha value is -1.48. The van der Waals surface area contributed by atoms with Crippen LogP contribution in [0.1, 0.15) is 38.3 Å². The van der Waals surface area contributed by atoms with Gasteiger partial charge in [-0.05, 0) is 37.1 Å². The summed E-state index contributed by atoms with van der Waals surface area (Å²) in [5.41, 5.74) is 3.23. The Kier molecular flexibility index (Phi) is 4.26. The van der Waals surface area contributed by atoms with Crippen molar-refractivity contribution in [2.75, 3.05) is 7.05 Å². The monoisotopic (exact) mass is 243 g/mol.